The van der Waals surface area contributed by atoms with Crippen molar-refractivity contribution in [2.24, 2.45) is 0 Å². The van der Waals surface area contributed by atoms with Crippen LogP contribution in [0.4, 0.5) is 13.6 Å². The Kier molecular flexibility index (Phi) is 4.54. The second-order valence-electron chi connectivity index (χ2n) is 8.30. The first-order chi connectivity index (χ1) is 14.0. The summed E-state index contributed by atoms with van der Waals surface area (Å²) in [6, 6.07) is 13.8. The highest BCUT2D eigenvalue weighted by Gasteiger charge is 2.50. The molecule has 0 aromatic heterocycles. The summed E-state index contributed by atoms with van der Waals surface area (Å²) in [4.78, 5) is 17.0. The van der Waals surface area contributed by atoms with Gasteiger partial charge in [-0.15, -0.1) is 0 Å². The van der Waals surface area contributed by atoms with Crippen molar-refractivity contribution >= 4 is 6.09 Å². The fourth-order valence-corrected chi connectivity index (χ4v) is 4.93. The molecular formula is C23H24F2N2O2. The Morgan fingerprint density at radius 2 is 1.76 bits per heavy atom. The number of piperidine rings is 3. The van der Waals surface area contributed by atoms with Crippen LogP contribution >= 0.6 is 0 Å². The number of hydrogen-bond acceptors (Lipinski definition) is 3. The lowest BCUT2D eigenvalue weighted by Gasteiger charge is -2.48. The number of nitrogens with zero attached hydrogens (tertiary/aromatic N) is 2. The van der Waals surface area contributed by atoms with Crippen LogP contribution in [0.15, 0.2) is 48.5 Å². The van der Waals surface area contributed by atoms with E-state index in [-0.39, 0.29) is 11.9 Å². The first-order valence-electron chi connectivity index (χ1n) is 10.3. The van der Waals surface area contributed by atoms with E-state index in [2.05, 4.69) is 11.0 Å². The third-order valence-electron chi connectivity index (χ3n) is 6.64. The Morgan fingerprint density at radius 3 is 2.48 bits per heavy atom. The van der Waals surface area contributed by atoms with Crippen LogP contribution in [0.5, 0.6) is 0 Å². The molecule has 152 valence electrons. The van der Waals surface area contributed by atoms with Crippen molar-refractivity contribution in [1.29, 1.82) is 0 Å². The SMILES string of the molecule is O=C(O[C@@H]1CN2CCC1(F)CC2)N1CCc2ccccc2[C@@H]1c1ccc(F)cc1. The molecule has 29 heavy (non-hydrogen) atoms. The second-order valence-corrected chi connectivity index (χ2v) is 8.30. The monoisotopic (exact) mass is 398 g/mol. The fourth-order valence-electron chi connectivity index (χ4n) is 4.93. The van der Waals surface area contributed by atoms with Crippen LogP contribution in [0.3, 0.4) is 0 Å². The lowest BCUT2D eigenvalue weighted by atomic mass is 9.82. The minimum absolute atomic E-state index is 0.321. The molecule has 0 unspecified atom stereocenters. The molecule has 0 spiro atoms. The van der Waals surface area contributed by atoms with Crippen LogP contribution in [0, 0.1) is 5.82 Å². The molecule has 3 saturated heterocycles. The second kappa shape index (κ2) is 7.10. The summed E-state index contributed by atoms with van der Waals surface area (Å²) in [5.41, 5.74) is 1.56. The van der Waals surface area contributed by atoms with Gasteiger partial charge in [0.2, 0.25) is 0 Å². The van der Waals surface area contributed by atoms with Gasteiger partial charge in [0.05, 0.1) is 6.04 Å². The van der Waals surface area contributed by atoms with Crippen molar-refractivity contribution in [1.82, 2.24) is 9.80 Å². The van der Waals surface area contributed by atoms with Crippen molar-refractivity contribution < 1.29 is 18.3 Å². The molecule has 0 saturated carbocycles. The van der Waals surface area contributed by atoms with E-state index in [1.165, 1.54) is 12.1 Å². The molecule has 6 rings (SSSR count). The van der Waals surface area contributed by atoms with Gasteiger partial charge >= 0.3 is 6.09 Å². The van der Waals surface area contributed by atoms with Crippen LogP contribution in [0.1, 0.15) is 35.6 Å². The molecule has 1 amide bonds. The summed E-state index contributed by atoms with van der Waals surface area (Å²) in [7, 11) is 0. The Balaban J connectivity index is 1.45. The van der Waals surface area contributed by atoms with E-state index in [9.17, 15) is 9.18 Å². The number of hydrogen-bond donors (Lipinski definition) is 0. The van der Waals surface area contributed by atoms with Crippen molar-refractivity contribution in [2.75, 3.05) is 26.2 Å². The summed E-state index contributed by atoms with van der Waals surface area (Å²) in [5, 5.41) is 0. The number of ether oxygens (including phenoxy) is 1. The number of carbonyl (C=O) groups is 1. The normalized spacial score (nSPS) is 30.7. The van der Waals surface area contributed by atoms with Gasteiger partial charge in [-0.3, -0.25) is 9.80 Å². The van der Waals surface area contributed by atoms with E-state index in [4.69, 9.17) is 4.74 Å². The zero-order valence-electron chi connectivity index (χ0n) is 16.2. The van der Waals surface area contributed by atoms with Gasteiger partial charge in [0.1, 0.15) is 5.82 Å². The lowest BCUT2D eigenvalue weighted by molar-refractivity contribution is -0.118. The quantitative estimate of drug-likeness (QED) is 0.764. The predicted octanol–water partition coefficient (Wildman–Crippen LogP) is 4.10. The molecule has 2 bridgehead atoms. The van der Waals surface area contributed by atoms with Gasteiger partial charge in [-0.1, -0.05) is 36.4 Å². The highest BCUT2D eigenvalue weighted by Crippen LogP contribution is 2.39. The molecule has 2 aromatic carbocycles. The van der Waals surface area contributed by atoms with Crippen LogP contribution in [0.2, 0.25) is 0 Å². The van der Waals surface area contributed by atoms with Gasteiger partial charge in [-0.05, 0) is 48.1 Å². The van der Waals surface area contributed by atoms with Crippen molar-refractivity contribution in [3.63, 3.8) is 0 Å². The maximum atomic E-state index is 15.3. The Morgan fingerprint density at radius 1 is 1.03 bits per heavy atom. The summed E-state index contributed by atoms with van der Waals surface area (Å²) in [6.45, 7) is 2.38. The van der Waals surface area contributed by atoms with E-state index in [1.807, 2.05) is 18.2 Å². The third kappa shape index (κ3) is 3.29. The number of alkyl halides is 1. The number of rotatable bonds is 2. The average Bonchev–Trinajstić information content (AvgIpc) is 2.74. The minimum atomic E-state index is -1.43. The molecule has 4 heterocycles. The first-order valence-corrected chi connectivity index (χ1v) is 10.3. The minimum Gasteiger partial charge on any atom is -0.441 e. The average molecular weight is 398 g/mol. The summed E-state index contributed by atoms with van der Waals surface area (Å²) in [6.07, 6.45) is 0.304. The molecule has 6 heteroatoms. The molecule has 0 aliphatic carbocycles. The standard InChI is InChI=1S/C23H24F2N2O2/c24-18-7-5-17(6-8-18)21-19-4-2-1-3-16(19)9-12-27(21)22(28)29-20-15-26-13-10-23(20,25)11-14-26/h1-8,20-21H,9-15H2/t20-,21+/m1/s1. The van der Waals surface area contributed by atoms with Crippen LogP contribution in [-0.4, -0.2) is 53.8 Å². The molecule has 4 nitrogen and oxygen atoms in total. The molecule has 0 radical (unpaired) electrons. The predicted molar refractivity (Wildman–Crippen MR) is 105 cm³/mol. The smallest absolute Gasteiger partial charge is 0.410 e. The summed E-state index contributed by atoms with van der Waals surface area (Å²) in [5.74, 6) is -0.321. The highest BCUT2D eigenvalue weighted by molar-refractivity contribution is 5.70. The number of carbonyl (C=O) groups excluding carboxylic acids is 1. The van der Waals surface area contributed by atoms with Crippen molar-refractivity contribution in [3.05, 3.63) is 71.0 Å². The molecule has 2 atom stereocenters. The Labute approximate surface area is 169 Å². The van der Waals surface area contributed by atoms with Crippen molar-refractivity contribution in [2.45, 2.75) is 37.1 Å². The molecule has 3 fully saturated rings. The van der Waals surface area contributed by atoms with E-state index in [0.717, 1.165) is 29.8 Å². The van der Waals surface area contributed by atoms with Gasteiger partial charge in [0.25, 0.3) is 0 Å². The number of benzene rings is 2. The number of halogens is 2. The summed E-state index contributed by atoms with van der Waals surface area (Å²) >= 11 is 0. The van der Waals surface area contributed by atoms with Gasteiger partial charge in [-0.2, -0.15) is 0 Å². The zero-order chi connectivity index (χ0) is 20.0. The van der Waals surface area contributed by atoms with Crippen molar-refractivity contribution in [3.8, 4) is 0 Å². The van der Waals surface area contributed by atoms with E-state index in [1.54, 1.807) is 17.0 Å². The van der Waals surface area contributed by atoms with Crippen LogP contribution < -0.4 is 0 Å². The first kappa shape index (κ1) is 18.6. The van der Waals surface area contributed by atoms with Gasteiger partial charge in [0.15, 0.2) is 11.8 Å². The van der Waals surface area contributed by atoms with E-state index in [0.29, 0.717) is 32.4 Å². The van der Waals surface area contributed by atoms with Crippen LogP contribution in [0.25, 0.3) is 0 Å². The topological polar surface area (TPSA) is 32.8 Å². The third-order valence-corrected chi connectivity index (χ3v) is 6.64. The molecule has 4 aliphatic rings. The maximum Gasteiger partial charge on any atom is 0.410 e. The van der Waals surface area contributed by atoms with E-state index < -0.39 is 17.9 Å². The molecule has 4 aliphatic heterocycles. The molecule has 2 aromatic rings. The fraction of sp³-hybridized carbons (Fsp3) is 0.435. The van der Waals surface area contributed by atoms with Gasteiger partial charge in [-0.25, -0.2) is 13.6 Å². The maximum absolute atomic E-state index is 15.3. The zero-order valence-corrected chi connectivity index (χ0v) is 16.2. The van der Waals surface area contributed by atoms with Gasteiger partial charge in [0, 0.05) is 26.2 Å². The Hall–Kier alpha value is -2.47. The Bertz CT molecular complexity index is 909. The van der Waals surface area contributed by atoms with E-state index >= 15 is 4.39 Å². The molecular weight excluding hydrogens is 374 g/mol. The lowest BCUT2D eigenvalue weighted by Crippen LogP contribution is -2.61. The highest BCUT2D eigenvalue weighted by atomic mass is 19.1. The largest absolute Gasteiger partial charge is 0.441 e. The number of fused-ring (bicyclic) bond motifs is 4. The molecule has 0 N–H and O–H groups in total. The number of amides is 1. The van der Waals surface area contributed by atoms with Gasteiger partial charge < -0.3 is 4.74 Å². The summed E-state index contributed by atoms with van der Waals surface area (Å²) < 4.78 is 34.5. The van der Waals surface area contributed by atoms with Crippen LogP contribution in [-0.2, 0) is 11.2 Å².